The summed E-state index contributed by atoms with van der Waals surface area (Å²) < 4.78 is 10.6. The van der Waals surface area contributed by atoms with E-state index >= 15 is 0 Å². The van der Waals surface area contributed by atoms with E-state index < -0.39 is 0 Å². The maximum atomic E-state index is 8.75. The van der Waals surface area contributed by atoms with Crippen LogP contribution in [0.15, 0.2) is 36.5 Å². The van der Waals surface area contributed by atoms with Gasteiger partial charge in [-0.15, -0.1) is 0 Å². The van der Waals surface area contributed by atoms with Gasteiger partial charge < -0.3 is 14.8 Å². The number of ether oxygens (including phenoxy) is 2. The summed E-state index contributed by atoms with van der Waals surface area (Å²) in [5, 5.41) is 12.1. The van der Waals surface area contributed by atoms with Crippen molar-refractivity contribution in [3.8, 4) is 17.6 Å². The van der Waals surface area contributed by atoms with Gasteiger partial charge in [0.25, 0.3) is 0 Å². The molecule has 5 heteroatoms. The summed E-state index contributed by atoms with van der Waals surface area (Å²) in [5.74, 6) is 1.56. The van der Waals surface area contributed by atoms with Gasteiger partial charge in [-0.05, 0) is 37.3 Å². The summed E-state index contributed by atoms with van der Waals surface area (Å²) in [6.45, 7) is 2.02. The molecule has 1 aromatic carbocycles. The van der Waals surface area contributed by atoms with Gasteiger partial charge >= 0.3 is 0 Å². The quantitative estimate of drug-likeness (QED) is 0.913. The Balaban J connectivity index is 2.22. The SMILES string of the molecule is COc1ccc(OC)c(C(C)Nc2ccc(C#N)nc2)c1. The van der Waals surface area contributed by atoms with E-state index in [1.54, 1.807) is 26.5 Å². The minimum Gasteiger partial charge on any atom is -0.497 e. The van der Waals surface area contributed by atoms with Crippen LogP contribution >= 0.6 is 0 Å². The summed E-state index contributed by atoms with van der Waals surface area (Å²) in [7, 11) is 3.27. The van der Waals surface area contributed by atoms with Crippen LogP contribution in [0.25, 0.3) is 0 Å². The van der Waals surface area contributed by atoms with Crippen LogP contribution < -0.4 is 14.8 Å². The number of hydrogen-bond acceptors (Lipinski definition) is 5. The van der Waals surface area contributed by atoms with E-state index in [2.05, 4.69) is 10.3 Å². The Morgan fingerprint density at radius 2 is 2.00 bits per heavy atom. The Hall–Kier alpha value is -2.74. The predicted octanol–water partition coefficient (Wildman–Crippen LogP) is 3.14. The molecule has 1 heterocycles. The van der Waals surface area contributed by atoms with Crippen molar-refractivity contribution in [2.24, 2.45) is 0 Å². The topological polar surface area (TPSA) is 67.2 Å². The molecule has 0 radical (unpaired) electrons. The summed E-state index contributed by atoms with van der Waals surface area (Å²) >= 11 is 0. The van der Waals surface area contributed by atoms with Gasteiger partial charge in [-0.3, -0.25) is 0 Å². The standard InChI is InChI=1S/C16H17N3O2/c1-11(19-13-5-4-12(9-17)18-10-13)15-8-14(20-2)6-7-16(15)21-3/h4-8,10-11,19H,1-3H3. The highest BCUT2D eigenvalue weighted by Crippen LogP contribution is 2.31. The zero-order valence-electron chi connectivity index (χ0n) is 12.3. The molecule has 2 rings (SSSR count). The van der Waals surface area contributed by atoms with E-state index in [4.69, 9.17) is 14.7 Å². The van der Waals surface area contributed by atoms with Crippen LogP contribution in [-0.2, 0) is 0 Å². The molecule has 1 aromatic heterocycles. The highest BCUT2D eigenvalue weighted by Gasteiger charge is 2.13. The van der Waals surface area contributed by atoms with Gasteiger partial charge in [0.15, 0.2) is 0 Å². The van der Waals surface area contributed by atoms with Crippen LogP contribution in [0, 0.1) is 11.3 Å². The molecule has 0 amide bonds. The van der Waals surface area contributed by atoms with Crippen LogP contribution in [0.5, 0.6) is 11.5 Å². The molecule has 0 aliphatic heterocycles. The minimum absolute atomic E-state index is 0.00443. The lowest BCUT2D eigenvalue weighted by Crippen LogP contribution is -2.08. The van der Waals surface area contributed by atoms with E-state index in [0.717, 1.165) is 22.7 Å². The highest BCUT2D eigenvalue weighted by molar-refractivity contribution is 5.49. The molecule has 0 fully saturated rings. The third-order valence-corrected chi connectivity index (χ3v) is 3.16. The molecule has 21 heavy (non-hydrogen) atoms. The van der Waals surface area contributed by atoms with Gasteiger partial charge in [-0.25, -0.2) is 4.98 Å². The van der Waals surface area contributed by atoms with Crippen molar-refractivity contribution in [1.82, 2.24) is 4.98 Å². The average Bonchev–Trinajstić information content (AvgIpc) is 2.54. The lowest BCUT2D eigenvalue weighted by molar-refractivity contribution is 0.397. The third kappa shape index (κ3) is 3.42. The number of rotatable bonds is 5. The number of nitrogens with one attached hydrogen (secondary N) is 1. The van der Waals surface area contributed by atoms with Gasteiger partial charge in [0, 0.05) is 5.56 Å². The summed E-state index contributed by atoms with van der Waals surface area (Å²) in [4.78, 5) is 4.04. The van der Waals surface area contributed by atoms with Gasteiger partial charge in [0.2, 0.25) is 0 Å². The molecular weight excluding hydrogens is 266 g/mol. The maximum absolute atomic E-state index is 8.75. The van der Waals surface area contributed by atoms with E-state index in [1.165, 1.54) is 0 Å². The molecule has 5 nitrogen and oxygen atoms in total. The molecule has 0 saturated heterocycles. The van der Waals surface area contributed by atoms with Crippen molar-refractivity contribution < 1.29 is 9.47 Å². The monoisotopic (exact) mass is 283 g/mol. The van der Waals surface area contributed by atoms with E-state index in [-0.39, 0.29) is 6.04 Å². The van der Waals surface area contributed by atoms with Crippen LogP contribution in [0.1, 0.15) is 24.2 Å². The average molecular weight is 283 g/mol. The zero-order chi connectivity index (χ0) is 15.2. The number of aromatic nitrogens is 1. The molecule has 1 N–H and O–H groups in total. The third-order valence-electron chi connectivity index (χ3n) is 3.16. The Kier molecular flexibility index (Phi) is 4.62. The second-order valence-corrected chi connectivity index (χ2v) is 4.52. The number of pyridine rings is 1. The molecule has 1 atom stereocenters. The van der Waals surface area contributed by atoms with Gasteiger partial charge in [-0.1, -0.05) is 0 Å². The number of benzene rings is 1. The van der Waals surface area contributed by atoms with Crippen molar-refractivity contribution in [3.05, 3.63) is 47.8 Å². The summed E-state index contributed by atoms with van der Waals surface area (Å²) in [6.07, 6.45) is 1.64. The molecule has 0 bridgehead atoms. The second kappa shape index (κ2) is 6.62. The molecule has 0 saturated carbocycles. The van der Waals surface area contributed by atoms with Crippen LogP contribution in [-0.4, -0.2) is 19.2 Å². The van der Waals surface area contributed by atoms with Crippen molar-refractivity contribution in [2.75, 3.05) is 19.5 Å². The first-order valence-corrected chi connectivity index (χ1v) is 6.52. The van der Waals surface area contributed by atoms with Crippen molar-refractivity contribution in [3.63, 3.8) is 0 Å². The first kappa shape index (κ1) is 14.7. The van der Waals surface area contributed by atoms with Crippen LogP contribution in [0.3, 0.4) is 0 Å². The maximum Gasteiger partial charge on any atom is 0.140 e. The largest absolute Gasteiger partial charge is 0.497 e. The normalized spacial score (nSPS) is 11.3. The van der Waals surface area contributed by atoms with Crippen molar-refractivity contribution in [1.29, 1.82) is 5.26 Å². The molecule has 2 aromatic rings. The van der Waals surface area contributed by atoms with E-state index in [9.17, 15) is 0 Å². The van der Waals surface area contributed by atoms with E-state index in [0.29, 0.717) is 5.69 Å². The molecule has 1 unspecified atom stereocenters. The Morgan fingerprint density at radius 1 is 1.19 bits per heavy atom. The first-order chi connectivity index (χ1) is 10.2. The summed E-state index contributed by atoms with van der Waals surface area (Å²) in [6, 6.07) is 11.2. The molecule has 108 valence electrons. The van der Waals surface area contributed by atoms with Gasteiger partial charge in [-0.2, -0.15) is 5.26 Å². The molecule has 0 spiro atoms. The Morgan fingerprint density at radius 3 is 2.57 bits per heavy atom. The summed E-state index contributed by atoms with van der Waals surface area (Å²) in [5.41, 5.74) is 2.22. The number of hydrogen-bond donors (Lipinski definition) is 1. The fourth-order valence-electron chi connectivity index (χ4n) is 2.05. The second-order valence-electron chi connectivity index (χ2n) is 4.52. The molecule has 0 aliphatic rings. The Labute approximate surface area is 124 Å². The van der Waals surface area contributed by atoms with Crippen LogP contribution in [0.4, 0.5) is 5.69 Å². The van der Waals surface area contributed by atoms with Gasteiger partial charge in [0.1, 0.15) is 23.3 Å². The number of anilines is 1. The number of nitrogens with zero attached hydrogens (tertiary/aromatic N) is 2. The fourth-order valence-corrected chi connectivity index (χ4v) is 2.05. The first-order valence-electron chi connectivity index (χ1n) is 6.52. The predicted molar refractivity (Wildman–Crippen MR) is 80.5 cm³/mol. The zero-order valence-corrected chi connectivity index (χ0v) is 12.3. The number of methoxy groups -OCH3 is 2. The Bertz CT molecular complexity index is 648. The minimum atomic E-state index is 0.00443. The van der Waals surface area contributed by atoms with Crippen LogP contribution in [0.2, 0.25) is 0 Å². The lowest BCUT2D eigenvalue weighted by Gasteiger charge is -2.19. The van der Waals surface area contributed by atoms with E-state index in [1.807, 2.05) is 37.3 Å². The molecule has 0 aliphatic carbocycles. The lowest BCUT2D eigenvalue weighted by atomic mass is 10.1. The fraction of sp³-hybridized carbons (Fsp3) is 0.250. The smallest absolute Gasteiger partial charge is 0.140 e. The van der Waals surface area contributed by atoms with Crippen molar-refractivity contribution in [2.45, 2.75) is 13.0 Å². The number of nitriles is 1. The highest BCUT2D eigenvalue weighted by atomic mass is 16.5. The molecular formula is C16H17N3O2. The van der Waals surface area contributed by atoms with Crippen molar-refractivity contribution >= 4 is 5.69 Å². The van der Waals surface area contributed by atoms with Gasteiger partial charge in [0.05, 0.1) is 32.1 Å².